The molecule has 64 heavy (non-hydrogen) atoms. The number of aromatic nitrogens is 4. The first-order valence-electron chi connectivity index (χ1n) is 21.8. The van der Waals surface area contributed by atoms with Gasteiger partial charge in [0.25, 0.3) is 0 Å². The normalized spacial score (nSPS) is 11.8. The van der Waals surface area contributed by atoms with Gasteiger partial charge < -0.3 is 14.0 Å². The van der Waals surface area contributed by atoms with E-state index in [1.165, 1.54) is 43.4 Å². The van der Waals surface area contributed by atoms with Gasteiger partial charge in [-0.05, 0) is 109 Å². The smallest absolute Gasteiger partial charge is 0.145 e. The lowest BCUT2D eigenvalue weighted by Gasteiger charge is -2.27. The maximum atomic E-state index is 5.22. The highest BCUT2D eigenvalue weighted by Crippen LogP contribution is 2.44. The molecule has 0 aliphatic rings. The fourth-order valence-corrected chi connectivity index (χ4v) is 10.1. The van der Waals surface area contributed by atoms with Crippen molar-refractivity contribution in [2.24, 2.45) is 0 Å². The van der Waals surface area contributed by atoms with Crippen LogP contribution in [0.5, 0.6) is 0 Å². The maximum absolute atomic E-state index is 5.22. The summed E-state index contributed by atoms with van der Waals surface area (Å²) in [4.78, 5) is 7.58. The standard InChI is InChI=1S/C59H39N5/c1-3-20-42(21-4-1)61(51-32-16-18-40-17-7-8-25-47(40)51)44-33-35-45(36-34-44)62-52-29-12-9-26-48(52)57-55(62)37-38-56-58(57)49-27-10-13-30-53(49)63(56)46-24-15-19-41(39-46)59-60-50-28-11-14-31-54(50)64(59)43-22-5-2-6-23-43/h1-39H. The molecule has 5 nitrogen and oxygen atoms in total. The number of anilines is 3. The minimum Gasteiger partial charge on any atom is -0.310 e. The molecule has 3 aromatic heterocycles. The molecule has 0 spiro atoms. The quantitative estimate of drug-likeness (QED) is 0.160. The minimum atomic E-state index is 0.913. The second kappa shape index (κ2) is 14.5. The van der Waals surface area contributed by atoms with Crippen molar-refractivity contribution in [1.29, 1.82) is 0 Å². The summed E-state index contributed by atoms with van der Waals surface area (Å²) in [6.45, 7) is 0. The summed E-state index contributed by atoms with van der Waals surface area (Å²) in [5, 5.41) is 7.36. The number of fused-ring (bicyclic) bond motifs is 9. The van der Waals surface area contributed by atoms with E-state index >= 15 is 0 Å². The van der Waals surface area contributed by atoms with Crippen LogP contribution < -0.4 is 4.90 Å². The van der Waals surface area contributed by atoms with Gasteiger partial charge in [-0.1, -0.05) is 133 Å². The molecule has 0 radical (unpaired) electrons. The van der Waals surface area contributed by atoms with Gasteiger partial charge in [-0.25, -0.2) is 4.98 Å². The second-order valence-corrected chi connectivity index (χ2v) is 16.4. The highest BCUT2D eigenvalue weighted by molar-refractivity contribution is 6.29. The Morgan fingerprint density at radius 1 is 0.328 bits per heavy atom. The number of nitrogens with zero attached hydrogens (tertiary/aromatic N) is 5. The number of benzene rings is 10. The van der Waals surface area contributed by atoms with Gasteiger partial charge in [0.05, 0.1) is 38.8 Å². The molecule has 0 fully saturated rings. The number of para-hydroxylation sites is 6. The van der Waals surface area contributed by atoms with Crippen LogP contribution >= 0.6 is 0 Å². The Morgan fingerprint density at radius 3 is 1.56 bits per heavy atom. The van der Waals surface area contributed by atoms with Gasteiger partial charge in [-0.15, -0.1) is 0 Å². The molecule has 5 heteroatoms. The summed E-state index contributed by atoms with van der Waals surface area (Å²) in [6, 6.07) is 85.0. The second-order valence-electron chi connectivity index (χ2n) is 16.4. The average Bonchev–Trinajstić information content (AvgIpc) is 4.03. The van der Waals surface area contributed by atoms with Gasteiger partial charge in [-0.3, -0.25) is 4.57 Å². The predicted octanol–water partition coefficient (Wildman–Crippen LogP) is 15.5. The molecule has 10 aromatic carbocycles. The van der Waals surface area contributed by atoms with Crippen molar-refractivity contribution >= 4 is 82.5 Å². The van der Waals surface area contributed by atoms with E-state index in [0.717, 1.165) is 67.6 Å². The van der Waals surface area contributed by atoms with Crippen molar-refractivity contribution in [3.05, 3.63) is 237 Å². The Kier molecular flexibility index (Phi) is 8.15. The predicted molar refractivity (Wildman–Crippen MR) is 267 cm³/mol. The van der Waals surface area contributed by atoms with Gasteiger partial charge in [-0.2, -0.15) is 0 Å². The van der Waals surface area contributed by atoms with Crippen LogP contribution in [0.3, 0.4) is 0 Å². The molecule has 13 rings (SSSR count). The van der Waals surface area contributed by atoms with Crippen molar-refractivity contribution < 1.29 is 0 Å². The molecule has 13 aromatic rings. The van der Waals surface area contributed by atoms with Gasteiger partial charge >= 0.3 is 0 Å². The highest BCUT2D eigenvalue weighted by Gasteiger charge is 2.22. The summed E-state index contributed by atoms with van der Waals surface area (Å²) in [5.74, 6) is 0.913. The molecule has 0 aliphatic heterocycles. The monoisotopic (exact) mass is 817 g/mol. The highest BCUT2D eigenvalue weighted by atomic mass is 15.1. The zero-order valence-corrected chi connectivity index (χ0v) is 34.8. The van der Waals surface area contributed by atoms with Crippen LogP contribution in [0.25, 0.3) is 93.9 Å². The van der Waals surface area contributed by atoms with Crippen LogP contribution in [0.1, 0.15) is 0 Å². The lowest BCUT2D eigenvalue weighted by Crippen LogP contribution is -2.10. The molecule has 0 bridgehead atoms. The van der Waals surface area contributed by atoms with Crippen molar-refractivity contribution in [3.63, 3.8) is 0 Å². The van der Waals surface area contributed by atoms with Crippen LogP contribution in [-0.2, 0) is 0 Å². The van der Waals surface area contributed by atoms with Crippen molar-refractivity contribution in [2.75, 3.05) is 4.90 Å². The van der Waals surface area contributed by atoms with Crippen LogP contribution in [0.2, 0.25) is 0 Å². The van der Waals surface area contributed by atoms with E-state index in [1.807, 2.05) is 0 Å². The molecule has 0 unspecified atom stereocenters. The third kappa shape index (κ3) is 5.54. The summed E-state index contributed by atoms with van der Waals surface area (Å²) in [7, 11) is 0. The lowest BCUT2D eigenvalue weighted by molar-refractivity contribution is 1.10. The molecule has 0 saturated carbocycles. The van der Waals surface area contributed by atoms with Crippen LogP contribution in [0.15, 0.2) is 237 Å². The Morgan fingerprint density at radius 2 is 0.844 bits per heavy atom. The van der Waals surface area contributed by atoms with E-state index in [-0.39, 0.29) is 0 Å². The SMILES string of the molecule is c1ccc(N(c2ccc(-n3c4ccccc4c4c5c6ccccc6n(-c6cccc(-c7nc8ccccc8n7-c7ccccc7)c6)c5ccc43)cc2)c2cccc3ccccc23)cc1. The first kappa shape index (κ1) is 36.0. The van der Waals surface area contributed by atoms with E-state index in [1.54, 1.807) is 0 Å². The number of rotatable bonds is 7. The van der Waals surface area contributed by atoms with E-state index in [9.17, 15) is 0 Å². The minimum absolute atomic E-state index is 0.913. The third-order valence-electron chi connectivity index (χ3n) is 12.8. The molecule has 0 atom stereocenters. The van der Waals surface area contributed by atoms with Gasteiger partial charge in [0.1, 0.15) is 5.82 Å². The molecule has 0 N–H and O–H groups in total. The van der Waals surface area contributed by atoms with Crippen LogP contribution in [0, 0.1) is 0 Å². The molecule has 0 amide bonds. The fraction of sp³-hybridized carbons (Fsp3) is 0. The topological polar surface area (TPSA) is 30.9 Å². The van der Waals surface area contributed by atoms with Crippen molar-refractivity contribution in [1.82, 2.24) is 18.7 Å². The van der Waals surface area contributed by atoms with Crippen LogP contribution in [-0.4, -0.2) is 18.7 Å². The van der Waals surface area contributed by atoms with E-state index < -0.39 is 0 Å². The summed E-state index contributed by atoms with van der Waals surface area (Å²) in [5.41, 5.74) is 14.4. The van der Waals surface area contributed by atoms with E-state index in [4.69, 9.17) is 4.98 Å². The summed E-state index contributed by atoms with van der Waals surface area (Å²) < 4.78 is 7.13. The molecular formula is C59H39N5. The third-order valence-corrected chi connectivity index (χ3v) is 12.8. The van der Waals surface area contributed by atoms with Crippen molar-refractivity contribution in [2.45, 2.75) is 0 Å². The lowest BCUT2D eigenvalue weighted by atomic mass is 10.1. The van der Waals surface area contributed by atoms with E-state index in [0.29, 0.717) is 0 Å². The molecule has 0 aliphatic carbocycles. The summed E-state index contributed by atoms with van der Waals surface area (Å²) >= 11 is 0. The zero-order chi connectivity index (χ0) is 42.1. The van der Waals surface area contributed by atoms with Crippen molar-refractivity contribution in [3.8, 4) is 28.5 Å². The number of hydrogen-bond donors (Lipinski definition) is 0. The Balaban J connectivity index is 0.987. The molecule has 300 valence electrons. The van der Waals surface area contributed by atoms with Gasteiger partial charge in [0, 0.05) is 60.9 Å². The Bertz CT molecular complexity index is 3890. The summed E-state index contributed by atoms with van der Waals surface area (Å²) in [6.07, 6.45) is 0. The average molecular weight is 818 g/mol. The van der Waals surface area contributed by atoms with Gasteiger partial charge in [0.2, 0.25) is 0 Å². The Labute approximate surface area is 369 Å². The Hall–Kier alpha value is -8.67. The first-order valence-corrected chi connectivity index (χ1v) is 21.8. The fourth-order valence-electron chi connectivity index (χ4n) is 10.1. The van der Waals surface area contributed by atoms with Gasteiger partial charge in [0.15, 0.2) is 0 Å². The zero-order valence-electron chi connectivity index (χ0n) is 34.8. The number of hydrogen-bond acceptors (Lipinski definition) is 2. The molecular weight excluding hydrogens is 779 g/mol. The van der Waals surface area contributed by atoms with Crippen LogP contribution in [0.4, 0.5) is 17.1 Å². The molecule has 0 saturated heterocycles. The van der Waals surface area contributed by atoms with E-state index in [2.05, 4.69) is 255 Å². The number of imidazole rings is 1. The first-order chi connectivity index (χ1) is 31.8. The largest absolute Gasteiger partial charge is 0.310 e. The maximum Gasteiger partial charge on any atom is 0.145 e. The molecule has 3 heterocycles.